The first-order chi connectivity index (χ1) is 9.13. The van der Waals surface area contributed by atoms with Crippen LogP contribution in [-0.4, -0.2) is 57.2 Å². The Hall–Kier alpha value is -0.330. The lowest BCUT2D eigenvalue weighted by Crippen LogP contribution is -2.44. The normalized spacial score (nSPS) is 39.6. The minimum Gasteiger partial charge on any atom is -0.455 e. The number of rotatable bonds is 2. The second-order valence-electron chi connectivity index (χ2n) is 5.47. The highest BCUT2D eigenvalue weighted by Crippen LogP contribution is 2.44. The Morgan fingerprint density at radius 3 is 2.79 bits per heavy atom. The molecule has 0 radical (unpaired) electrons. The van der Waals surface area contributed by atoms with E-state index in [-0.39, 0.29) is 11.3 Å². The monoisotopic (exact) mass is 300 g/mol. The van der Waals surface area contributed by atoms with Crippen molar-refractivity contribution in [2.75, 3.05) is 13.6 Å². The van der Waals surface area contributed by atoms with E-state index in [4.69, 9.17) is 17.0 Å². The van der Waals surface area contributed by atoms with Gasteiger partial charge < -0.3 is 4.74 Å². The first kappa shape index (κ1) is 13.6. The van der Waals surface area contributed by atoms with Gasteiger partial charge in [0.1, 0.15) is 5.37 Å². The highest BCUT2D eigenvalue weighted by Gasteiger charge is 2.51. The molecule has 3 aliphatic rings. The van der Waals surface area contributed by atoms with Crippen LogP contribution in [0.25, 0.3) is 0 Å². The van der Waals surface area contributed by atoms with E-state index >= 15 is 0 Å². The summed E-state index contributed by atoms with van der Waals surface area (Å²) >= 11 is 7.06. The van der Waals surface area contributed by atoms with Crippen LogP contribution < -0.4 is 0 Å². The molecule has 19 heavy (non-hydrogen) atoms. The summed E-state index contributed by atoms with van der Waals surface area (Å²) in [5, 5.41) is 1.13. The van der Waals surface area contributed by atoms with Crippen LogP contribution in [0.5, 0.6) is 0 Å². The third-order valence-corrected chi connectivity index (χ3v) is 6.51. The lowest BCUT2D eigenvalue weighted by molar-refractivity contribution is -0.130. The predicted octanol–water partition coefficient (Wildman–Crippen LogP) is 1.83. The third-order valence-electron chi connectivity index (χ3n) is 4.44. The summed E-state index contributed by atoms with van der Waals surface area (Å²) in [5.74, 6) is 0.0375. The molecular formula is C13H20N2O2S2. The van der Waals surface area contributed by atoms with Crippen molar-refractivity contribution in [2.24, 2.45) is 0 Å². The van der Waals surface area contributed by atoms with Gasteiger partial charge in [0.05, 0.1) is 0 Å². The number of amides is 1. The molecule has 0 bridgehead atoms. The second-order valence-corrected chi connectivity index (χ2v) is 7.18. The van der Waals surface area contributed by atoms with Gasteiger partial charge in [0.15, 0.2) is 0 Å². The van der Waals surface area contributed by atoms with E-state index in [2.05, 4.69) is 11.9 Å². The summed E-state index contributed by atoms with van der Waals surface area (Å²) in [6, 6.07) is 0.601. The van der Waals surface area contributed by atoms with Crippen molar-refractivity contribution in [3.63, 3.8) is 0 Å². The molecule has 1 aliphatic carbocycles. The molecule has 3 rings (SSSR count). The van der Waals surface area contributed by atoms with Gasteiger partial charge in [-0.2, -0.15) is 0 Å². The molecule has 2 saturated heterocycles. The minimum atomic E-state index is -0.409. The van der Waals surface area contributed by atoms with E-state index < -0.39 is 6.10 Å². The molecule has 4 atom stereocenters. The van der Waals surface area contributed by atoms with E-state index in [0.717, 1.165) is 0 Å². The Kier molecular flexibility index (Phi) is 3.75. The molecule has 1 saturated carbocycles. The standard InChI is InChI=1S/C13H20N2O2S2/c1-3-15-11(16)10(17-13(15)18)12-14(2)8-6-4-5-7-9(8)19-12/h8-10,12H,3-7H2,1-2H3. The van der Waals surface area contributed by atoms with Gasteiger partial charge in [0.25, 0.3) is 11.1 Å². The van der Waals surface area contributed by atoms with E-state index in [1.54, 1.807) is 4.90 Å². The molecule has 3 fully saturated rings. The molecule has 2 heterocycles. The van der Waals surface area contributed by atoms with Crippen molar-refractivity contribution >= 4 is 35.1 Å². The van der Waals surface area contributed by atoms with Crippen molar-refractivity contribution in [3.05, 3.63) is 0 Å². The van der Waals surface area contributed by atoms with Gasteiger partial charge in [0.2, 0.25) is 6.10 Å². The number of ether oxygens (including phenoxy) is 1. The lowest BCUT2D eigenvalue weighted by atomic mass is 9.94. The maximum absolute atomic E-state index is 12.4. The molecule has 1 amide bonds. The molecule has 0 N–H and O–H groups in total. The fourth-order valence-corrected chi connectivity index (χ4v) is 5.54. The summed E-state index contributed by atoms with van der Waals surface area (Å²) in [5.41, 5.74) is 0. The van der Waals surface area contributed by atoms with Crippen LogP contribution in [0, 0.1) is 0 Å². The number of carbonyl (C=O) groups is 1. The summed E-state index contributed by atoms with van der Waals surface area (Å²) in [6.07, 6.45) is 4.71. The number of likely N-dealkylation sites (N-methyl/N-ethyl adjacent to an activating group) is 2. The number of hydrogen-bond acceptors (Lipinski definition) is 5. The van der Waals surface area contributed by atoms with E-state index in [1.165, 1.54) is 25.7 Å². The van der Waals surface area contributed by atoms with Crippen molar-refractivity contribution in [1.82, 2.24) is 9.80 Å². The van der Waals surface area contributed by atoms with Crippen molar-refractivity contribution < 1.29 is 9.53 Å². The maximum atomic E-state index is 12.4. The Balaban J connectivity index is 1.76. The average molecular weight is 300 g/mol. The fraction of sp³-hybridized carbons (Fsp3) is 0.846. The first-order valence-electron chi connectivity index (χ1n) is 7.03. The second kappa shape index (κ2) is 5.22. The molecule has 2 aliphatic heterocycles. The summed E-state index contributed by atoms with van der Waals surface area (Å²) in [4.78, 5) is 16.3. The van der Waals surface area contributed by atoms with Crippen LogP contribution in [-0.2, 0) is 9.53 Å². The van der Waals surface area contributed by atoms with Gasteiger partial charge in [-0.25, -0.2) is 0 Å². The lowest BCUT2D eigenvalue weighted by Gasteiger charge is -2.30. The van der Waals surface area contributed by atoms with Gasteiger partial charge in [-0.1, -0.05) is 12.8 Å². The highest BCUT2D eigenvalue weighted by molar-refractivity contribution is 8.00. The molecule has 0 aromatic carbocycles. The number of thiocarbonyl (C=S) groups is 1. The van der Waals surface area contributed by atoms with Crippen molar-refractivity contribution in [1.29, 1.82) is 0 Å². The van der Waals surface area contributed by atoms with Gasteiger partial charge in [-0.05, 0) is 39.0 Å². The molecule has 0 spiro atoms. The zero-order chi connectivity index (χ0) is 13.6. The third kappa shape index (κ3) is 2.17. The Bertz CT molecular complexity index is 404. The predicted molar refractivity (Wildman–Crippen MR) is 80.0 cm³/mol. The Labute approximate surface area is 123 Å². The van der Waals surface area contributed by atoms with Crippen molar-refractivity contribution in [2.45, 2.75) is 55.4 Å². The van der Waals surface area contributed by atoms with E-state index in [9.17, 15) is 4.79 Å². The van der Waals surface area contributed by atoms with Crippen LogP contribution in [0.2, 0.25) is 0 Å². The minimum absolute atomic E-state index is 0.0375. The van der Waals surface area contributed by atoms with Gasteiger partial charge in [-0.3, -0.25) is 14.6 Å². The number of thioether (sulfide) groups is 1. The van der Waals surface area contributed by atoms with Crippen LogP contribution in [0.15, 0.2) is 0 Å². The number of fused-ring (bicyclic) bond motifs is 1. The SMILES string of the molecule is CCN1C(=O)C(C2SC3CCCCC3N2C)OC1=S. The molecule has 0 aromatic heterocycles. The molecule has 106 valence electrons. The molecule has 4 unspecified atom stereocenters. The average Bonchev–Trinajstić information content (AvgIpc) is 2.88. The van der Waals surface area contributed by atoms with Crippen LogP contribution >= 0.6 is 24.0 Å². The first-order valence-corrected chi connectivity index (χ1v) is 8.38. The topological polar surface area (TPSA) is 32.8 Å². The van der Waals surface area contributed by atoms with Gasteiger partial charge in [-0.15, -0.1) is 11.8 Å². The van der Waals surface area contributed by atoms with E-state index in [1.807, 2.05) is 18.7 Å². The maximum Gasteiger partial charge on any atom is 0.273 e. The number of hydrogen-bond donors (Lipinski definition) is 0. The molecular weight excluding hydrogens is 280 g/mol. The number of nitrogens with zero attached hydrogens (tertiary/aromatic N) is 2. The quantitative estimate of drug-likeness (QED) is 0.727. The Morgan fingerprint density at radius 2 is 2.16 bits per heavy atom. The van der Waals surface area contributed by atoms with Gasteiger partial charge >= 0.3 is 0 Å². The highest BCUT2D eigenvalue weighted by atomic mass is 32.2. The fourth-order valence-electron chi connectivity index (χ4n) is 3.38. The Morgan fingerprint density at radius 1 is 1.42 bits per heavy atom. The summed E-state index contributed by atoms with van der Waals surface area (Å²) in [6.45, 7) is 2.53. The summed E-state index contributed by atoms with van der Waals surface area (Å²) < 4.78 is 5.68. The summed E-state index contributed by atoms with van der Waals surface area (Å²) in [7, 11) is 2.13. The van der Waals surface area contributed by atoms with Crippen molar-refractivity contribution in [3.8, 4) is 0 Å². The van der Waals surface area contributed by atoms with Crippen LogP contribution in [0.1, 0.15) is 32.6 Å². The number of carbonyl (C=O) groups excluding carboxylic acids is 1. The zero-order valence-corrected chi connectivity index (χ0v) is 13.0. The smallest absolute Gasteiger partial charge is 0.273 e. The van der Waals surface area contributed by atoms with Crippen LogP contribution in [0.4, 0.5) is 0 Å². The largest absolute Gasteiger partial charge is 0.455 e. The van der Waals surface area contributed by atoms with Crippen LogP contribution in [0.3, 0.4) is 0 Å². The molecule has 0 aromatic rings. The molecule has 4 nitrogen and oxygen atoms in total. The van der Waals surface area contributed by atoms with E-state index in [0.29, 0.717) is 23.0 Å². The zero-order valence-electron chi connectivity index (χ0n) is 11.4. The van der Waals surface area contributed by atoms with Gasteiger partial charge in [0, 0.05) is 17.8 Å². The molecule has 6 heteroatoms.